The topological polar surface area (TPSA) is 71.1 Å². The van der Waals surface area contributed by atoms with Gasteiger partial charge >= 0.3 is 11.9 Å². The molecule has 0 aromatic heterocycles. The lowest BCUT2D eigenvalue weighted by Gasteiger charge is -2.07. The molecule has 0 saturated heterocycles. The highest BCUT2D eigenvalue weighted by Gasteiger charge is 2.02. The lowest BCUT2D eigenvalue weighted by molar-refractivity contribution is -0.138. The molecule has 0 heterocycles. The van der Waals surface area contributed by atoms with Crippen molar-refractivity contribution < 1.29 is 28.5 Å². The van der Waals surface area contributed by atoms with Crippen molar-refractivity contribution in [3.63, 3.8) is 0 Å². The zero-order valence-electron chi connectivity index (χ0n) is 16.3. The summed E-state index contributed by atoms with van der Waals surface area (Å²) in [4.78, 5) is 22.9. The number of benzene rings is 2. The van der Waals surface area contributed by atoms with Crippen LogP contribution in [0.3, 0.4) is 0 Å². The first kappa shape index (κ1) is 21.8. The van der Waals surface area contributed by atoms with E-state index in [0.29, 0.717) is 31.1 Å². The Labute approximate surface area is 170 Å². The van der Waals surface area contributed by atoms with Crippen molar-refractivity contribution in [2.24, 2.45) is 0 Å². The summed E-state index contributed by atoms with van der Waals surface area (Å²) in [5, 5.41) is 0. The van der Waals surface area contributed by atoms with E-state index in [9.17, 15) is 9.59 Å². The van der Waals surface area contributed by atoms with E-state index in [1.165, 1.54) is 6.08 Å². The molecule has 0 amide bonds. The predicted octanol–water partition coefficient (Wildman–Crippen LogP) is 4.20. The van der Waals surface area contributed by atoms with Gasteiger partial charge in [0, 0.05) is 18.6 Å². The Bertz CT molecular complexity index is 821. The zero-order valence-corrected chi connectivity index (χ0v) is 16.3. The summed E-state index contributed by atoms with van der Waals surface area (Å²) in [6.45, 7) is 6.51. The SMILES string of the molecule is C=CC(=O)OCCCOc1ccc(OC(=O)C=Cc2ccc(OCC)cc2)cc1. The van der Waals surface area contributed by atoms with Gasteiger partial charge in [-0.15, -0.1) is 0 Å². The minimum Gasteiger partial charge on any atom is -0.494 e. The Hall–Kier alpha value is -3.54. The van der Waals surface area contributed by atoms with Crippen molar-refractivity contribution in [2.75, 3.05) is 19.8 Å². The molecule has 2 aromatic rings. The summed E-state index contributed by atoms with van der Waals surface area (Å²) in [7, 11) is 0. The molecule has 2 aromatic carbocycles. The molecule has 6 nitrogen and oxygen atoms in total. The Balaban J connectivity index is 1.74. The molecule has 0 atom stereocenters. The van der Waals surface area contributed by atoms with Crippen LogP contribution in [0.2, 0.25) is 0 Å². The normalized spacial score (nSPS) is 10.4. The van der Waals surface area contributed by atoms with Crippen molar-refractivity contribution >= 4 is 18.0 Å². The third-order valence-corrected chi connectivity index (χ3v) is 3.61. The van der Waals surface area contributed by atoms with Gasteiger partial charge in [0.2, 0.25) is 0 Å². The first-order valence-electron chi connectivity index (χ1n) is 9.25. The van der Waals surface area contributed by atoms with E-state index in [4.69, 9.17) is 18.9 Å². The van der Waals surface area contributed by atoms with Crippen LogP contribution < -0.4 is 14.2 Å². The fourth-order valence-electron chi connectivity index (χ4n) is 2.24. The van der Waals surface area contributed by atoms with Crippen LogP contribution in [0.4, 0.5) is 0 Å². The van der Waals surface area contributed by atoms with Crippen molar-refractivity contribution in [3.8, 4) is 17.2 Å². The molecule has 29 heavy (non-hydrogen) atoms. The molecule has 0 fully saturated rings. The van der Waals surface area contributed by atoms with Crippen LogP contribution in [-0.2, 0) is 14.3 Å². The van der Waals surface area contributed by atoms with Gasteiger partial charge in [-0.25, -0.2) is 9.59 Å². The van der Waals surface area contributed by atoms with Crippen LogP contribution in [0.15, 0.2) is 67.3 Å². The Kier molecular flexibility index (Phi) is 9.02. The standard InChI is InChI=1S/C23H24O6/c1-3-22(24)28-17-5-16-27-20-11-13-21(14-12-20)29-23(25)15-8-18-6-9-19(10-7-18)26-4-2/h3,6-15H,1,4-5,16-17H2,2H3. The van der Waals surface area contributed by atoms with E-state index in [0.717, 1.165) is 17.4 Å². The lowest BCUT2D eigenvalue weighted by Crippen LogP contribution is -2.06. The maximum Gasteiger partial charge on any atom is 0.336 e. The van der Waals surface area contributed by atoms with Crippen LogP contribution in [0.1, 0.15) is 18.9 Å². The molecule has 0 aliphatic rings. The van der Waals surface area contributed by atoms with Gasteiger partial charge in [0.15, 0.2) is 0 Å². The van der Waals surface area contributed by atoms with Crippen molar-refractivity contribution in [1.82, 2.24) is 0 Å². The molecule has 0 spiro atoms. The Morgan fingerprint density at radius 1 is 0.862 bits per heavy atom. The molecule has 0 radical (unpaired) electrons. The zero-order chi connectivity index (χ0) is 20.9. The van der Waals surface area contributed by atoms with Crippen LogP contribution >= 0.6 is 0 Å². The van der Waals surface area contributed by atoms with Crippen LogP contribution in [0, 0.1) is 0 Å². The highest BCUT2D eigenvalue weighted by atomic mass is 16.5. The molecule has 152 valence electrons. The van der Waals surface area contributed by atoms with E-state index < -0.39 is 11.9 Å². The monoisotopic (exact) mass is 396 g/mol. The van der Waals surface area contributed by atoms with Crippen LogP contribution in [-0.4, -0.2) is 31.8 Å². The first-order chi connectivity index (χ1) is 14.1. The second kappa shape index (κ2) is 12.0. The van der Waals surface area contributed by atoms with Gasteiger partial charge in [-0.1, -0.05) is 18.7 Å². The molecule has 0 aliphatic carbocycles. The molecular formula is C23H24O6. The van der Waals surface area contributed by atoms with Crippen LogP contribution in [0.5, 0.6) is 17.2 Å². The van der Waals surface area contributed by atoms with E-state index in [2.05, 4.69) is 6.58 Å². The first-order valence-corrected chi connectivity index (χ1v) is 9.25. The number of hydrogen-bond acceptors (Lipinski definition) is 6. The second-order valence-corrected chi connectivity index (χ2v) is 5.80. The maximum absolute atomic E-state index is 12.0. The van der Waals surface area contributed by atoms with Gasteiger partial charge in [0.1, 0.15) is 17.2 Å². The minimum atomic E-state index is -0.475. The van der Waals surface area contributed by atoms with Gasteiger partial charge in [0.25, 0.3) is 0 Å². The molecule has 6 heteroatoms. The molecule has 0 bridgehead atoms. The highest BCUT2D eigenvalue weighted by Crippen LogP contribution is 2.18. The lowest BCUT2D eigenvalue weighted by atomic mass is 10.2. The number of esters is 2. The summed E-state index contributed by atoms with van der Waals surface area (Å²) in [5.74, 6) is 0.903. The largest absolute Gasteiger partial charge is 0.494 e. The predicted molar refractivity (Wildman–Crippen MR) is 110 cm³/mol. The number of carbonyl (C=O) groups is 2. The molecule has 0 unspecified atom stereocenters. The quantitative estimate of drug-likeness (QED) is 0.245. The summed E-state index contributed by atoms with van der Waals surface area (Å²) >= 11 is 0. The number of hydrogen-bond donors (Lipinski definition) is 0. The third-order valence-electron chi connectivity index (χ3n) is 3.61. The van der Waals surface area contributed by atoms with Gasteiger partial charge in [-0.2, -0.15) is 0 Å². The molecule has 0 aliphatic heterocycles. The Morgan fingerprint density at radius 2 is 1.48 bits per heavy atom. The average Bonchev–Trinajstić information content (AvgIpc) is 2.74. The summed E-state index contributed by atoms with van der Waals surface area (Å²) < 4.78 is 21.0. The van der Waals surface area contributed by atoms with E-state index in [1.807, 2.05) is 31.2 Å². The van der Waals surface area contributed by atoms with Crippen molar-refractivity contribution in [2.45, 2.75) is 13.3 Å². The fourth-order valence-corrected chi connectivity index (χ4v) is 2.24. The fraction of sp³-hybridized carbons (Fsp3) is 0.217. The number of carbonyl (C=O) groups excluding carboxylic acids is 2. The molecule has 0 N–H and O–H groups in total. The van der Waals surface area contributed by atoms with Crippen LogP contribution in [0.25, 0.3) is 6.08 Å². The maximum atomic E-state index is 12.0. The van der Waals surface area contributed by atoms with E-state index in [1.54, 1.807) is 30.3 Å². The van der Waals surface area contributed by atoms with Crippen molar-refractivity contribution in [3.05, 3.63) is 72.8 Å². The molecule has 0 saturated carbocycles. The third kappa shape index (κ3) is 8.34. The summed E-state index contributed by atoms with van der Waals surface area (Å²) in [6.07, 6.45) is 4.72. The van der Waals surface area contributed by atoms with E-state index in [-0.39, 0.29) is 6.61 Å². The number of ether oxygens (including phenoxy) is 4. The second-order valence-electron chi connectivity index (χ2n) is 5.80. The van der Waals surface area contributed by atoms with Gasteiger partial charge in [0.05, 0.1) is 19.8 Å². The van der Waals surface area contributed by atoms with Crippen molar-refractivity contribution in [1.29, 1.82) is 0 Å². The summed E-state index contributed by atoms with van der Waals surface area (Å²) in [5.41, 5.74) is 0.868. The minimum absolute atomic E-state index is 0.265. The van der Waals surface area contributed by atoms with Gasteiger partial charge in [-0.05, 0) is 55.0 Å². The van der Waals surface area contributed by atoms with E-state index >= 15 is 0 Å². The molecular weight excluding hydrogens is 372 g/mol. The smallest absolute Gasteiger partial charge is 0.336 e. The Morgan fingerprint density at radius 3 is 2.14 bits per heavy atom. The summed E-state index contributed by atoms with van der Waals surface area (Å²) in [6, 6.07) is 14.1. The van der Waals surface area contributed by atoms with Gasteiger partial charge in [-0.3, -0.25) is 0 Å². The molecule has 2 rings (SSSR count). The average molecular weight is 396 g/mol. The highest BCUT2D eigenvalue weighted by molar-refractivity contribution is 5.88. The van der Waals surface area contributed by atoms with Gasteiger partial charge < -0.3 is 18.9 Å². The number of rotatable bonds is 11.